The standard InChI is InChI=1S/C28H38N2O4/c1-18-6-9-23(33-4)14-24(18)28-10-11-30(16-21-7-8-21)20(3)25(28)13-22(26(15-28)29-17-31)12-19(2)27(32)34-5/h6,9,12,14,17,20-21,25H,7-8,10-11,13,15-16H2,1-5H3,(H,29,31)/b19-12+/t20?,25-,28-/m0/s1. The van der Waals surface area contributed by atoms with Crippen LogP contribution < -0.4 is 10.1 Å². The van der Waals surface area contributed by atoms with Crippen LogP contribution in [0.15, 0.2) is 41.1 Å². The maximum atomic E-state index is 12.2. The van der Waals surface area contributed by atoms with Crippen LogP contribution in [0.2, 0.25) is 0 Å². The number of hydrogen-bond acceptors (Lipinski definition) is 5. The third kappa shape index (κ3) is 4.65. The Bertz CT molecular complexity index is 1010. The number of fused-ring (bicyclic) bond motifs is 1. The van der Waals surface area contributed by atoms with Gasteiger partial charge in [0.2, 0.25) is 6.41 Å². The van der Waals surface area contributed by atoms with E-state index in [4.69, 9.17) is 9.47 Å². The summed E-state index contributed by atoms with van der Waals surface area (Å²) in [6.45, 7) is 8.53. The van der Waals surface area contributed by atoms with Gasteiger partial charge in [0.05, 0.1) is 14.2 Å². The number of carbonyl (C=O) groups excluding carboxylic acids is 2. The maximum Gasteiger partial charge on any atom is 0.333 e. The lowest BCUT2D eigenvalue weighted by Gasteiger charge is -2.55. The van der Waals surface area contributed by atoms with Crippen molar-refractivity contribution in [2.75, 3.05) is 27.3 Å². The van der Waals surface area contributed by atoms with E-state index in [-0.39, 0.29) is 11.4 Å². The van der Waals surface area contributed by atoms with Gasteiger partial charge in [0.1, 0.15) is 5.75 Å². The van der Waals surface area contributed by atoms with Crippen LogP contribution in [0, 0.1) is 18.8 Å². The SMILES string of the molecule is COC(=O)/C(C)=C/C1=C(NC=O)C[C@]2(c3cc(OC)ccc3C)CCN(CC3CC3)C(C)[C@@H]2C1. The van der Waals surface area contributed by atoms with E-state index in [0.29, 0.717) is 17.5 Å². The van der Waals surface area contributed by atoms with E-state index in [1.807, 2.05) is 12.1 Å². The number of piperidine rings is 1. The molecule has 2 fully saturated rings. The molecule has 0 bridgehead atoms. The van der Waals surface area contributed by atoms with Gasteiger partial charge in [-0.15, -0.1) is 0 Å². The molecule has 1 saturated heterocycles. The molecule has 1 unspecified atom stereocenters. The Morgan fingerprint density at radius 3 is 2.71 bits per heavy atom. The summed E-state index contributed by atoms with van der Waals surface area (Å²) in [5.74, 6) is 1.70. The second-order valence-corrected chi connectivity index (χ2v) is 10.3. The number of ether oxygens (including phenoxy) is 2. The van der Waals surface area contributed by atoms with Crippen LogP contribution in [0.3, 0.4) is 0 Å². The van der Waals surface area contributed by atoms with Crippen LogP contribution in [0.1, 0.15) is 57.1 Å². The number of nitrogens with one attached hydrogen (secondary N) is 1. The number of aryl methyl sites for hydroxylation is 1. The first-order chi connectivity index (χ1) is 16.3. The molecule has 184 valence electrons. The number of methoxy groups -OCH3 is 2. The molecule has 0 spiro atoms. The van der Waals surface area contributed by atoms with Gasteiger partial charge in [-0.3, -0.25) is 4.79 Å². The van der Waals surface area contributed by atoms with Crippen molar-refractivity contribution in [3.05, 3.63) is 52.2 Å². The summed E-state index contributed by atoms with van der Waals surface area (Å²) in [6, 6.07) is 6.76. The molecule has 1 aromatic carbocycles. The van der Waals surface area contributed by atoms with Crippen molar-refractivity contribution in [2.45, 2.75) is 64.3 Å². The number of nitrogens with zero attached hydrogens (tertiary/aromatic N) is 1. The largest absolute Gasteiger partial charge is 0.497 e. The minimum atomic E-state index is -0.342. The third-order valence-corrected chi connectivity index (χ3v) is 8.33. The highest BCUT2D eigenvalue weighted by molar-refractivity contribution is 5.88. The van der Waals surface area contributed by atoms with Gasteiger partial charge in [-0.05, 0) is 106 Å². The Kier molecular flexibility index (Phi) is 7.17. The molecule has 0 radical (unpaired) electrons. The number of amides is 1. The molecule has 1 amide bonds. The van der Waals surface area contributed by atoms with E-state index in [2.05, 4.69) is 36.2 Å². The Morgan fingerprint density at radius 1 is 1.29 bits per heavy atom. The van der Waals surface area contributed by atoms with Gasteiger partial charge in [0.15, 0.2) is 0 Å². The molecule has 0 aromatic heterocycles. The van der Waals surface area contributed by atoms with Gasteiger partial charge in [-0.2, -0.15) is 0 Å². The van der Waals surface area contributed by atoms with Crippen molar-refractivity contribution < 1.29 is 19.1 Å². The van der Waals surface area contributed by atoms with Crippen molar-refractivity contribution in [2.24, 2.45) is 11.8 Å². The van der Waals surface area contributed by atoms with Crippen LogP contribution >= 0.6 is 0 Å². The topological polar surface area (TPSA) is 67.9 Å². The molecule has 1 aliphatic heterocycles. The van der Waals surface area contributed by atoms with Crippen LogP contribution in [-0.2, 0) is 19.7 Å². The normalized spacial score (nSPS) is 27.7. The Hall–Kier alpha value is -2.60. The molecule has 3 atom stereocenters. The summed E-state index contributed by atoms with van der Waals surface area (Å²) in [7, 11) is 3.11. The minimum Gasteiger partial charge on any atom is -0.497 e. The highest BCUT2D eigenvalue weighted by Gasteiger charge is 2.51. The van der Waals surface area contributed by atoms with Crippen molar-refractivity contribution in [3.8, 4) is 5.75 Å². The number of benzene rings is 1. The first-order valence-corrected chi connectivity index (χ1v) is 12.4. The number of esters is 1. The molecule has 2 aliphatic carbocycles. The molecule has 6 nitrogen and oxygen atoms in total. The quantitative estimate of drug-likeness (QED) is 0.352. The van der Waals surface area contributed by atoms with E-state index in [1.165, 1.54) is 37.6 Å². The summed E-state index contributed by atoms with van der Waals surface area (Å²) >= 11 is 0. The lowest BCUT2D eigenvalue weighted by Crippen LogP contribution is -2.57. The highest BCUT2D eigenvalue weighted by atomic mass is 16.5. The summed E-state index contributed by atoms with van der Waals surface area (Å²) in [5, 5.41) is 3.00. The Morgan fingerprint density at radius 2 is 2.06 bits per heavy atom. The maximum absolute atomic E-state index is 12.2. The summed E-state index contributed by atoms with van der Waals surface area (Å²) in [5.41, 5.74) is 4.93. The van der Waals surface area contributed by atoms with Crippen LogP contribution in [0.4, 0.5) is 0 Å². The van der Waals surface area contributed by atoms with E-state index >= 15 is 0 Å². The lowest BCUT2D eigenvalue weighted by atomic mass is 9.56. The molecule has 34 heavy (non-hydrogen) atoms. The van der Waals surface area contributed by atoms with Crippen molar-refractivity contribution in [3.63, 3.8) is 0 Å². The molecular formula is C28H38N2O4. The molecule has 1 N–H and O–H groups in total. The van der Waals surface area contributed by atoms with Crippen molar-refractivity contribution in [1.29, 1.82) is 0 Å². The average Bonchev–Trinajstić information content (AvgIpc) is 3.66. The van der Waals surface area contributed by atoms with Crippen LogP contribution in [-0.4, -0.2) is 50.6 Å². The molecule has 3 aliphatic rings. The van der Waals surface area contributed by atoms with Crippen LogP contribution in [0.25, 0.3) is 0 Å². The predicted octanol–water partition coefficient (Wildman–Crippen LogP) is 4.28. The summed E-state index contributed by atoms with van der Waals surface area (Å²) in [4.78, 5) is 26.4. The zero-order valence-corrected chi connectivity index (χ0v) is 21.1. The highest BCUT2D eigenvalue weighted by Crippen LogP contribution is 2.54. The second kappa shape index (κ2) is 9.95. The average molecular weight is 467 g/mol. The molecular weight excluding hydrogens is 428 g/mol. The number of rotatable bonds is 8. The van der Waals surface area contributed by atoms with Gasteiger partial charge in [0.25, 0.3) is 0 Å². The third-order valence-electron chi connectivity index (χ3n) is 8.33. The van der Waals surface area contributed by atoms with E-state index < -0.39 is 0 Å². The van der Waals surface area contributed by atoms with E-state index in [9.17, 15) is 9.59 Å². The monoisotopic (exact) mass is 466 g/mol. The van der Waals surface area contributed by atoms with Crippen molar-refractivity contribution in [1.82, 2.24) is 10.2 Å². The van der Waals surface area contributed by atoms with Crippen LogP contribution in [0.5, 0.6) is 5.75 Å². The first-order valence-electron chi connectivity index (χ1n) is 12.4. The predicted molar refractivity (Wildman–Crippen MR) is 133 cm³/mol. The lowest BCUT2D eigenvalue weighted by molar-refractivity contribution is -0.136. The van der Waals surface area contributed by atoms with Gasteiger partial charge in [0, 0.05) is 29.3 Å². The number of allylic oxidation sites excluding steroid dienone is 3. The van der Waals surface area contributed by atoms with E-state index in [1.54, 1.807) is 14.0 Å². The Labute approximate surface area is 203 Å². The van der Waals surface area contributed by atoms with Gasteiger partial charge in [-0.1, -0.05) is 6.07 Å². The zero-order valence-electron chi connectivity index (χ0n) is 21.1. The Balaban J connectivity index is 1.82. The smallest absolute Gasteiger partial charge is 0.333 e. The summed E-state index contributed by atoms with van der Waals surface area (Å²) in [6.07, 6.45) is 7.90. The van der Waals surface area contributed by atoms with E-state index in [0.717, 1.165) is 55.2 Å². The fraction of sp³-hybridized carbons (Fsp3) is 0.571. The summed E-state index contributed by atoms with van der Waals surface area (Å²) < 4.78 is 10.6. The van der Waals surface area contributed by atoms with Crippen molar-refractivity contribution >= 4 is 12.4 Å². The minimum absolute atomic E-state index is 0.111. The fourth-order valence-electron chi connectivity index (χ4n) is 6.25. The molecule has 1 heterocycles. The molecule has 4 rings (SSSR count). The van der Waals surface area contributed by atoms with Gasteiger partial charge < -0.3 is 19.7 Å². The van der Waals surface area contributed by atoms with Gasteiger partial charge >= 0.3 is 5.97 Å². The zero-order chi connectivity index (χ0) is 24.5. The molecule has 1 aromatic rings. The number of hydrogen-bond donors (Lipinski definition) is 1. The molecule has 6 heteroatoms. The number of likely N-dealkylation sites (tertiary alicyclic amines) is 1. The first kappa shape index (κ1) is 24.5. The fourth-order valence-corrected chi connectivity index (χ4v) is 6.25. The van der Waals surface area contributed by atoms with Gasteiger partial charge in [-0.25, -0.2) is 4.79 Å². The molecule has 1 saturated carbocycles. The second-order valence-electron chi connectivity index (χ2n) is 10.3. The number of carbonyl (C=O) groups is 2.